The Balaban J connectivity index is 0.000000686. The maximum atomic E-state index is 5.35. The molecular weight excluding hydrogens is 212 g/mol. The Morgan fingerprint density at radius 1 is 1.24 bits per heavy atom. The van der Waals surface area contributed by atoms with Crippen molar-refractivity contribution in [2.75, 3.05) is 25.1 Å². The summed E-state index contributed by atoms with van der Waals surface area (Å²) in [5, 5.41) is 0. The summed E-state index contributed by atoms with van der Waals surface area (Å²) in [5.41, 5.74) is 1.08. The molecule has 1 saturated heterocycles. The predicted octanol–water partition coefficient (Wildman–Crippen LogP) is 3.03. The van der Waals surface area contributed by atoms with Gasteiger partial charge in [0.2, 0.25) is 0 Å². The molecule has 1 aromatic heterocycles. The summed E-state index contributed by atoms with van der Waals surface area (Å²) >= 11 is 0. The number of piperidine rings is 1. The highest BCUT2D eigenvalue weighted by Crippen LogP contribution is 2.19. The van der Waals surface area contributed by atoms with Crippen LogP contribution in [0.5, 0.6) is 0 Å². The zero-order valence-corrected chi connectivity index (χ0v) is 11.4. The summed E-state index contributed by atoms with van der Waals surface area (Å²) in [7, 11) is 1.80. The maximum absolute atomic E-state index is 5.35. The van der Waals surface area contributed by atoms with E-state index in [4.69, 9.17) is 4.74 Å². The fourth-order valence-corrected chi connectivity index (χ4v) is 2.03. The first-order valence-corrected chi connectivity index (χ1v) is 6.51. The minimum atomic E-state index is 0.436. The summed E-state index contributed by atoms with van der Waals surface area (Å²) in [6.07, 6.45) is 2.64. The van der Waals surface area contributed by atoms with E-state index in [0.29, 0.717) is 6.10 Å². The zero-order chi connectivity index (χ0) is 12.7. The summed E-state index contributed by atoms with van der Waals surface area (Å²) in [5.74, 6) is 1.10. The van der Waals surface area contributed by atoms with E-state index in [-0.39, 0.29) is 0 Å². The number of anilines is 1. The summed E-state index contributed by atoms with van der Waals surface area (Å²) in [6, 6.07) is 6.19. The Bertz CT molecular complexity index is 320. The van der Waals surface area contributed by atoms with Crippen LogP contribution in [0.1, 0.15) is 32.4 Å². The molecule has 3 nitrogen and oxygen atoms in total. The first-order chi connectivity index (χ1) is 8.29. The van der Waals surface area contributed by atoms with E-state index < -0.39 is 0 Å². The third-order valence-corrected chi connectivity index (χ3v) is 2.97. The number of nitrogens with zero attached hydrogens (tertiary/aromatic N) is 2. The van der Waals surface area contributed by atoms with Crippen LogP contribution in [0, 0.1) is 6.92 Å². The highest BCUT2D eigenvalue weighted by Gasteiger charge is 2.19. The van der Waals surface area contributed by atoms with Crippen molar-refractivity contribution in [2.24, 2.45) is 0 Å². The van der Waals surface area contributed by atoms with Crippen molar-refractivity contribution in [3.05, 3.63) is 23.9 Å². The second-order valence-electron chi connectivity index (χ2n) is 4.06. The molecule has 1 aromatic rings. The summed E-state index contributed by atoms with van der Waals surface area (Å²) in [4.78, 5) is 6.87. The van der Waals surface area contributed by atoms with E-state index in [1.807, 2.05) is 26.8 Å². The highest BCUT2D eigenvalue weighted by molar-refractivity contribution is 5.39. The Labute approximate surface area is 105 Å². The average molecular weight is 236 g/mol. The third-order valence-electron chi connectivity index (χ3n) is 2.97. The molecule has 1 aliphatic heterocycles. The monoisotopic (exact) mass is 236 g/mol. The molecule has 1 fully saturated rings. The molecule has 2 heterocycles. The van der Waals surface area contributed by atoms with E-state index in [1.54, 1.807) is 7.11 Å². The molecular formula is C14H24N2O. The minimum Gasteiger partial charge on any atom is -0.381 e. The molecule has 0 amide bonds. The van der Waals surface area contributed by atoms with Gasteiger partial charge in [0.1, 0.15) is 5.82 Å². The van der Waals surface area contributed by atoms with Crippen LogP contribution >= 0.6 is 0 Å². The second kappa shape index (κ2) is 7.28. The van der Waals surface area contributed by atoms with Crippen LogP contribution in [0.15, 0.2) is 18.2 Å². The number of aryl methyl sites for hydroxylation is 1. The quantitative estimate of drug-likeness (QED) is 0.789. The molecule has 1 aliphatic rings. The molecule has 0 aliphatic carbocycles. The third kappa shape index (κ3) is 4.00. The molecule has 0 saturated carbocycles. The molecule has 0 aromatic carbocycles. The fraction of sp³-hybridized carbons (Fsp3) is 0.643. The second-order valence-corrected chi connectivity index (χ2v) is 4.06. The molecule has 0 unspecified atom stereocenters. The molecule has 0 N–H and O–H groups in total. The van der Waals surface area contributed by atoms with Crippen LogP contribution in [0.25, 0.3) is 0 Å². The number of pyridine rings is 1. The van der Waals surface area contributed by atoms with Gasteiger partial charge in [0.25, 0.3) is 0 Å². The lowest BCUT2D eigenvalue weighted by Gasteiger charge is -2.32. The SMILES string of the molecule is CC.COC1CCN(c2cccc(C)n2)CC1. The van der Waals surface area contributed by atoms with Crippen molar-refractivity contribution in [2.45, 2.75) is 39.7 Å². The standard InChI is InChI=1S/C12H18N2O.C2H6/c1-10-4-3-5-12(13-10)14-8-6-11(15-2)7-9-14;1-2/h3-5,11H,6-9H2,1-2H3;1-2H3. The van der Waals surface area contributed by atoms with Crippen molar-refractivity contribution in [3.8, 4) is 0 Å². The predicted molar refractivity (Wildman–Crippen MR) is 72.6 cm³/mol. The average Bonchev–Trinajstić information content (AvgIpc) is 2.41. The number of rotatable bonds is 2. The van der Waals surface area contributed by atoms with Gasteiger partial charge in [-0.15, -0.1) is 0 Å². The highest BCUT2D eigenvalue weighted by atomic mass is 16.5. The number of ether oxygens (including phenoxy) is 1. The molecule has 0 radical (unpaired) electrons. The van der Waals surface area contributed by atoms with E-state index in [1.165, 1.54) is 0 Å². The number of hydrogen-bond acceptors (Lipinski definition) is 3. The summed E-state index contributed by atoms with van der Waals surface area (Å²) < 4.78 is 5.35. The van der Waals surface area contributed by atoms with E-state index in [9.17, 15) is 0 Å². The Morgan fingerprint density at radius 3 is 2.41 bits per heavy atom. The smallest absolute Gasteiger partial charge is 0.128 e. The fourth-order valence-electron chi connectivity index (χ4n) is 2.03. The van der Waals surface area contributed by atoms with Gasteiger partial charge in [0.15, 0.2) is 0 Å². The largest absolute Gasteiger partial charge is 0.381 e. The van der Waals surface area contributed by atoms with Gasteiger partial charge in [-0.1, -0.05) is 19.9 Å². The van der Waals surface area contributed by atoms with Gasteiger partial charge in [-0.25, -0.2) is 4.98 Å². The maximum Gasteiger partial charge on any atom is 0.128 e. The first-order valence-electron chi connectivity index (χ1n) is 6.51. The van der Waals surface area contributed by atoms with Crippen LogP contribution in [0.3, 0.4) is 0 Å². The molecule has 96 valence electrons. The van der Waals surface area contributed by atoms with Gasteiger partial charge in [-0.2, -0.15) is 0 Å². The topological polar surface area (TPSA) is 25.4 Å². The number of methoxy groups -OCH3 is 1. The first kappa shape index (κ1) is 14.0. The lowest BCUT2D eigenvalue weighted by Crippen LogP contribution is -2.37. The number of hydrogen-bond donors (Lipinski definition) is 0. The lowest BCUT2D eigenvalue weighted by molar-refractivity contribution is 0.0818. The molecule has 2 rings (SSSR count). The van der Waals surface area contributed by atoms with Crippen LogP contribution in [-0.2, 0) is 4.74 Å². The van der Waals surface area contributed by atoms with Gasteiger partial charge in [0, 0.05) is 25.9 Å². The van der Waals surface area contributed by atoms with Gasteiger partial charge in [0.05, 0.1) is 6.10 Å². The van der Waals surface area contributed by atoms with Gasteiger partial charge in [-0.3, -0.25) is 0 Å². The van der Waals surface area contributed by atoms with Gasteiger partial charge < -0.3 is 9.64 Å². The number of aromatic nitrogens is 1. The normalized spacial score (nSPS) is 16.4. The molecule has 0 atom stereocenters. The molecule has 0 bridgehead atoms. The van der Waals surface area contributed by atoms with Crippen LogP contribution < -0.4 is 4.90 Å². The van der Waals surface area contributed by atoms with Crippen molar-refractivity contribution >= 4 is 5.82 Å². The van der Waals surface area contributed by atoms with E-state index in [0.717, 1.165) is 37.4 Å². The van der Waals surface area contributed by atoms with Crippen molar-refractivity contribution in [1.82, 2.24) is 4.98 Å². The van der Waals surface area contributed by atoms with Crippen molar-refractivity contribution in [3.63, 3.8) is 0 Å². The molecule has 17 heavy (non-hydrogen) atoms. The molecule has 0 spiro atoms. The van der Waals surface area contributed by atoms with Crippen molar-refractivity contribution < 1.29 is 4.74 Å². The van der Waals surface area contributed by atoms with Gasteiger partial charge in [-0.05, 0) is 31.9 Å². The Hall–Kier alpha value is -1.09. The zero-order valence-electron chi connectivity index (χ0n) is 11.4. The van der Waals surface area contributed by atoms with E-state index in [2.05, 4.69) is 22.0 Å². The van der Waals surface area contributed by atoms with Crippen LogP contribution in [0.2, 0.25) is 0 Å². The molecule has 3 heteroatoms. The Kier molecular flexibility index (Phi) is 5.98. The summed E-state index contributed by atoms with van der Waals surface area (Å²) in [6.45, 7) is 8.13. The minimum absolute atomic E-state index is 0.436. The van der Waals surface area contributed by atoms with Gasteiger partial charge >= 0.3 is 0 Å². The Morgan fingerprint density at radius 2 is 1.88 bits per heavy atom. The van der Waals surface area contributed by atoms with E-state index >= 15 is 0 Å². The van der Waals surface area contributed by atoms with Crippen molar-refractivity contribution in [1.29, 1.82) is 0 Å². The lowest BCUT2D eigenvalue weighted by atomic mass is 10.1. The van der Waals surface area contributed by atoms with Crippen LogP contribution in [0.4, 0.5) is 5.82 Å². The van der Waals surface area contributed by atoms with Crippen LogP contribution in [-0.4, -0.2) is 31.3 Å².